The molecule has 0 bridgehead atoms. The maximum Gasteiger partial charge on any atom is 0.225 e. The van der Waals surface area contributed by atoms with Gasteiger partial charge in [-0.25, -0.2) is 4.98 Å². The third-order valence-electron chi connectivity index (χ3n) is 3.39. The lowest BCUT2D eigenvalue weighted by molar-refractivity contribution is -0.120. The molecule has 23 heavy (non-hydrogen) atoms. The number of nitrogens with one attached hydrogen (secondary N) is 1. The Kier molecular flexibility index (Phi) is 5.15. The average Bonchev–Trinajstić information content (AvgIpc) is 3.18. The Bertz CT molecular complexity index is 767. The summed E-state index contributed by atoms with van der Waals surface area (Å²) in [5.41, 5.74) is 2.06. The number of aromatic nitrogens is 2. The molecule has 0 radical (unpaired) electrons. The van der Waals surface area contributed by atoms with E-state index in [1.54, 1.807) is 28.9 Å². The normalized spacial score (nSPS) is 10.7. The topological polar surface area (TPSA) is 54.9 Å². The summed E-state index contributed by atoms with van der Waals surface area (Å²) in [6.45, 7) is 2.65. The summed E-state index contributed by atoms with van der Waals surface area (Å²) in [7, 11) is 0. The largest absolute Gasteiger partial charge is 0.355 e. The van der Waals surface area contributed by atoms with Gasteiger partial charge in [-0.15, -0.1) is 22.7 Å². The van der Waals surface area contributed by atoms with Crippen LogP contribution in [0.15, 0.2) is 42.0 Å². The molecule has 0 aliphatic carbocycles. The van der Waals surface area contributed by atoms with Gasteiger partial charge in [0.15, 0.2) is 0 Å². The average molecular weight is 343 g/mol. The number of rotatable bonds is 6. The molecule has 6 heteroatoms. The molecule has 0 saturated carbocycles. The van der Waals surface area contributed by atoms with Crippen molar-refractivity contribution in [3.8, 4) is 10.6 Å². The van der Waals surface area contributed by atoms with Gasteiger partial charge in [0.25, 0.3) is 0 Å². The van der Waals surface area contributed by atoms with Crippen LogP contribution in [0.1, 0.15) is 15.4 Å². The fourth-order valence-electron chi connectivity index (χ4n) is 2.22. The number of thiophene rings is 1. The maximum atomic E-state index is 11.9. The summed E-state index contributed by atoms with van der Waals surface area (Å²) in [6, 6.07) is 7.88. The lowest BCUT2D eigenvalue weighted by atomic mass is 10.3. The SMILES string of the molecule is Cc1nc(-c2cccnc2)sc1CCNC(=O)Cc1cccs1. The molecule has 0 aliphatic heterocycles. The number of nitrogens with zero attached hydrogens (tertiary/aromatic N) is 2. The lowest BCUT2D eigenvalue weighted by Crippen LogP contribution is -2.26. The number of pyridine rings is 1. The van der Waals surface area contributed by atoms with E-state index in [4.69, 9.17) is 0 Å². The molecule has 4 nitrogen and oxygen atoms in total. The van der Waals surface area contributed by atoms with Crippen LogP contribution in [0.4, 0.5) is 0 Å². The van der Waals surface area contributed by atoms with Crippen molar-refractivity contribution in [2.75, 3.05) is 6.54 Å². The van der Waals surface area contributed by atoms with Crippen LogP contribution in [-0.4, -0.2) is 22.4 Å². The van der Waals surface area contributed by atoms with Gasteiger partial charge in [-0.1, -0.05) is 6.07 Å². The molecule has 0 aliphatic rings. The van der Waals surface area contributed by atoms with Crippen LogP contribution in [0, 0.1) is 6.92 Å². The van der Waals surface area contributed by atoms with Crippen molar-refractivity contribution in [1.82, 2.24) is 15.3 Å². The molecule has 0 unspecified atom stereocenters. The zero-order chi connectivity index (χ0) is 16.1. The molecule has 0 aromatic carbocycles. The van der Waals surface area contributed by atoms with Crippen molar-refractivity contribution in [2.24, 2.45) is 0 Å². The van der Waals surface area contributed by atoms with E-state index in [1.165, 1.54) is 4.88 Å². The number of thiazole rings is 1. The molecule has 1 amide bonds. The van der Waals surface area contributed by atoms with Gasteiger partial charge in [-0.3, -0.25) is 9.78 Å². The molecular weight excluding hydrogens is 326 g/mol. The number of amides is 1. The van der Waals surface area contributed by atoms with E-state index in [2.05, 4.69) is 15.3 Å². The van der Waals surface area contributed by atoms with Gasteiger partial charge in [0.1, 0.15) is 5.01 Å². The molecule has 1 N–H and O–H groups in total. The molecule has 3 rings (SSSR count). The molecule has 0 saturated heterocycles. The number of hydrogen-bond donors (Lipinski definition) is 1. The van der Waals surface area contributed by atoms with Crippen LogP contribution in [0.5, 0.6) is 0 Å². The van der Waals surface area contributed by atoms with Crippen LogP contribution < -0.4 is 5.32 Å². The quantitative estimate of drug-likeness (QED) is 0.745. The fourth-order valence-corrected chi connectivity index (χ4v) is 3.98. The highest BCUT2D eigenvalue weighted by Crippen LogP contribution is 2.27. The van der Waals surface area contributed by atoms with Crippen molar-refractivity contribution in [1.29, 1.82) is 0 Å². The lowest BCUT2D eigenvalue weighted by Gasteiger charge is -2.03. The van der Waals surface area contributed by atoms with Crippen molar-refractivity contribution in [2.45, 2.75) is 19.8 Å². The highest BCUT2D eigenvalue weighted by atomic mass is 32.1. The van der Waals surface area contributed by atoms with E-state index in [9.17, 15) is 4.79 Å². The predicted octanol–water partition coefficient (Wildman–Crippen LogP) is 3.48. The number of carbonyl (C=O) groups excluding carboxylic acids is 1. The Morgan fingerprint density at radius 2 is 2.22 bits per heavy atom. The number of hydrogen-bond acceptors (Lipinski definition) is 5. The van der Waals surface area contributed by atoms with Gasteiger partial charge in [0.05, 0.1) is 12.1 Å². The minimum Gasteiger partial charge on any atom is -0.355 e. The zero-order valence-electron chi connectivity index (χ0n) is 12.8. The summed E-state index contributed by atoms with van der Waals surface area (Å²) >= 11 is 3.28. The first-order valence-electron chi connectivity index (χ1n) is 7.38. The second-order valence-electron chi connectivity index (χ2n) is 5.13. The van der Waals surface area contributed by atoms with Gasteiger partial charge in [0.2, 0.25) is 5.91 Å². The highest BCUT2D eigenvalue weighted by Gasteiger charge is 2.10. The Labute approximate surface area is 143 Å². The van der Waals surface area contributed by atoms with Gasteiger partial charge in [-0.2, -0.15) is 0 Å². The smallest absolute Gasteiger partial charge is 0.225 e. The summed E-state index contributed by atoms with van der Waals surface area (Å²) in [4.78, 5) is 22.9. The predicted molar refractivity (Wildman–Crippen MR) is 94.8 cm³/mol. The van der Waals surface area contributed by atoms with Gasteiger partial charge >= 0.3 is 0 Å². The third kappa shape index (κ3) is 4.24. The Morgan fingerprint density at radius 1 is 1.30 bits per heavy atom. The molecule has 0 spiro atoms. The van der Waals surface area contributed by atoms with Crippen LogP contribution in [-0.2, 0) is 17.6 Å². The second kappa shape index (κ2) is 7.48. The summed E-state index contributed by atoms with van der Waals surface area (Å²) in [5, 5.41) is 5.95. The Balaban J connectivity index is 1.54. The van der Waals surface area contributed by atoms with Crippen molar-refractivity contribution < 1.29 is 4.79 Å². The third-order valence-corrected chi connectivity index (χ3v) is 5.53. The van der Waals surface area contributed by atoms with Crippen LogP contribution >= 0.6 is 22.7 Å². The summed E-state index contributed by atoms with van der Waals surface area (Å²) in [6.07, 6.45) is 4.85. The number of aryl methyl sites for hydroxylation is 1. The standard InChI is InChI=1S/C17H17N3OS2/c1-12-15(23-17(20-12)13-4-2-7-18-11-13)6-8-19-16(21)10-14-5-3-9-22-14/h2-5,7,9,11H,6,8,10H2,1H3,(H,19,21). The van der Waals surface area contributed by atoms with Gasteiger partial charge in [-0.05, 0) is 30.5 Å². The van der Waals surface area contributed by atoms with E-state index in [0.29, 0.717) is 13.0 Å². The minimum atomic E-state index is 0.0714. The zero-order valence-corrected chi connectivity index (χ0v) is 14.4. The van der Waals surface area contributed by atoms with Crippen LogP contribution in [0.2, 0.25) is 0 Å². The first-order chi connectivity index (χ1) is 11.2. The van der Waals surface area contributed by atoms with Crippen molar-refractivity contribution in [3.05, 3.63) is 57.5 Å². The van der Waals surface area contributed by atoms with E-state index in [-0.39, 0.29) is 5.91 Å². The monoisotopic (exact) mass is 343 g/mol. The summed E-state index contributed by atoms with van der Waals surface area (Å²) in [5.74, 6) is 0.0714. The second-order valence-corrected chi connectivity index (χ2v) is 7.24. The molecule has 3 heterocycles. The van der Waals surface area contributed by atoms with E-state index < -0.39 is 0 Å². The first kappa shape index (κ1) is 15.8. The summed E-state index contributed by atoms with van der Waals surface area (Å²) < 4.78 is 0. The maximum absolute atomic E-state index is 11.9. The molecule has 118 valence electrons. The van der Waals surface area contributed by atoms with E-state index in [1.807, 2.05) is 42.8 Å². The van der Waals surface area contributed by atoms with Crippen molar-refractivity contribution in [3.63, 3.8) is 0 Å². The Hall–Kier alpha value is -2.05. The van der Waals surface area contributed by atoms with Crippen LogP contribution in [0.25, 0.3) is 10.6 Å². The van der Waals surface area contributed by atoms with Gasteiger partial charge < -0.3 is 5.32 Å². The molecule has 0 atom stereocenters. The highest BCUT2D eigenvalue weighted by molar-refractivity contribution is 7.15. The Morgan fingerprint density at radius 3 is 2.96 bits per heavy atom. The molecule has 3 aromatic rings. The van der Waals surface area contributed by atoms with Crippen molar-refractivity contribution >= 4 is 28.6 Å². The fraction of sp³-hybridized carbons (Fsp3) is 0.235. The number of carbonyl (C=O) groups is 1. The first-order valence-corrected chi connectivity index (χ1v) is 9.08. The van der Waals surface area contributed by atoms with E-state index >= 15 is 0 Å². The van der Waals surface area contributed by atoms with E-state index in [0.717, 1.165) is 27.6 Å². The molecule has 0 fully saturated rings. The van der Waals surface area contributed by atoms with Gasteiger partial charge in [0, 0.05) is 40.7 Å². The minimum absolute atomic E-state index is 0.0714. The molecule has 3 aromatic heterocycles. The van der Waals surface area contributed by atoms with Crippen LogP contribution in [0.3, 0.4) is 0 Å². The molecular formula is C17H17N3OS2.